The number of aromatic nitrogens is 1. The highest BCUT2D eigenvalue weighted by Gasteiger charge is 2.03. The first-order valence-corrected chi connectivity index (χ1v) is 5.81. The van der Waals surface area contributed by atoms with Gasteiger partial charge in [-0.3, -0.25) is 4.79 Å². The first kappa shape index (κ1) is 11.3. The van der Waals surface area contributed by atoms with E-state index < -0.39 is 0 Å². The molecule has 3 nitrogen and oxygen atoms in total. The maximum absolute atomic E-state index is 11.2. The maximum atomic E-state index is 11.2. The average Bonchev–Trinajstić information content (AvgIpc) is 2.12. The van der Waals surface area contributed by atoms with Crippen LogP contribution in [0.2, 0.25) is 5.15 Å². The molecule has 0 fully saturated rings. The molecule has 0 saturated heterocycles. The minimum Gasteiger partial charge on any atom is -0.324 e. The third-order valence-corrected chi connectivity index (χ3v) is 2.52. The highest BCUT2D eigenvalue weighted by molar-refractivity contribution is 7.99. The number of carbonyl (C=O) groups excluding carboxylic acids is 1. The molecule has 0 aliphatic rings. The molecule has 0 aromatic carbocycles. The molecular formula is C9H11ClN2OS. The van der Waals surface area contributed by atoms with Gasteiger partial charge in [0.15, 0.2) is 0 Å². The van der Waals surface area contributed by atoms with Crippen LogP contribution in [0.5, 0.6) is 0 Å². The number of anilines is 1. The summed E-state index contributed by atoms with van der Waals surface area (Å²) in [7, 11) is 0. The Balaban J connectivity index is 2.68. The Hall–Kier alpha value is -0.740. The SMILES string of the molecule is CSCC(=O)Nc1cnc(Cl)c(C)c1. The Bertz CT molecular complexity index is 344. The lowest BCUT2D eigenvalue weighted by atomic mass is 10.3. The summed E-state index contributed by atoms with van der Waals surface area (Å²) in [5.41, 5.74) is 1.54. The van der Waals surface area contributed by atoms with Crippen molar-refractivity contribution in [2.45, 2.75) is 6.92 Å². The zero-order chi connectivity index (χ0) is 10.6. The maximum Gasteiger partial charge on any atom is 0.234 e. The predicted molar refractivity (Wildman–Crippen MR) is 61.0 cm³/mol. The van der Waals surface area contributed by atoms with Gasteiger partial charge in [-0.15, -0.1) is 0 Å². The second kappa shape index (κ2) is 5.22. The smallest absolute Gasteiger partial charge is 0.234 e. The van der Waals surface area contributed by atoms with Gasteiger partial charge in [0.2, 0.25) is 5.91 Å². The first-order valence-electron chi connectivity index (χ1n) is 4.04. The summed E-state index contributed by atoms with van der Waals surface area (Å²) in [4.78, 5) is 15.2. The molecule has 1 aromatic heterocycles. The normalized spacial score (nSPS) is 9.93. The van der Waals surface area contributed by atoms with Crippen molar-refractivity contribution in [2.24, 2.45) is 0 Å². The standard InChI is InChI=1S/C9H11ClN2OS/c1-6-3-7(4-11-9(6)10)12-8(13)5-14-2/h3-4H,5H2,1-2H3,(H,12,13). The summed E-state index contributed by atoms with van der Waals surface area (Å²) in [5, 5.41) is 3.20. The molecule has 1 amide bonds. The van der Waals surface area contributed by atoms with Crippen LogP contribution in [0.25, 0.3) is 0 Å². The molecule has 1 rings (SSSR count). The van der Waals surface area contributed by atoms with Crippen molar-refractivity contribution in [1.29, 1.82) is 0 Å². The minimum absolute atomic E-state index is 0.0268. The van der Waals surface area contributed by atoms with Crippen molar-refractivity contribution in [3.05, 3.63) is 23.0 Å². The van der Waals surface area contributed by atoms with Crippen molar-refractivity contribution >= 4 is 35.0 Å². The number of thioether (sulfide) groups is 1. The zero-order valence-electron chi connectivity index (χ0n) is 8.00. The summed E-state index contributed by atoms with van der Waals surface area (Å²) >= 11 is 7.23. The van der Waals surface area contributed by atoms with E-state index in [-0.39, 0.29) is 5.91 Å². The van der Waals surface area contributed by atoms with E-state index in [4.69, 9.17) is 11.6 Å². The van der Waals surface area contributed by atoms with E-state index in [9.17, 15) is 4.79 Å². The Morgan fingerprint density at radius 3 is 3.00 bits per heavy atom. The van der Waals surface area contributed by atoms with Crippen LogP contribution in [0, 0.1) is 6.92 Å². The van der Waals surface area contributed by atoms with Gasteiger partial charge in [-0.05, 0) is 24.8 Å². The molecule has 0 unspecified atom stereocenters. The van der Waals surface area contributed by atoms with Gasteiger partial charge < -0.3 is 5.32 Å². The molecule has 0 aliphatic carbocycles. The Kier molecular flexibility index (Phi) is 4.22. The number of aryl methyl sites for hydroxylation is 1. The highest BCUT2D eigenvalue weighted by atomic mass is 35.5. The van der Waals surface area contributed by atoms with Crippen molar-refractivity contribution < 1.29 is 4.79 Å². The Labute approximate surface area is 92.2 Å². The summed E-state index contributed by atoms with van der Waals surface area (Å²) in [6.07, 6.45) is 3.43. The van der Waals surface area contributed by atoms with Gasteiger partial charge in [0.25, 0.3) is 0 Å². The van der Waals surface area contributed by atoms with Crippen molar-refractivity contribution in [2.75, 3.05) is 17.3 Å². The fourth-order valence-electron chi connectivity index (χ4n) is 0.955. The molecule has 0 saturated carbocycles. The molecule has 1 aromatic rings. The lowest BCUT2D eigenvalue weighted by molar-refractivity contribution is -0.113. The van der Waals surface area contributed by atoms with Crippen molar-refractivity contribution in [3.63, 3.8) is 0 Å². The van der Waals surface area contributed by atoms with Crippen LogP contribution in [0.3, 0.4) is 0 Å². The lowest BCUT2D eigenvalue weighted by Gasteiger charge is -2.04. The van der Waals surface area contributed by atoms with E-state index in [1.807, 2.05) is 13.2 Å². The van der Waals surface area contributed by atoms with Gasteiger partial charge in [0.05, 0.1) is 17.6 Å². The second-order valence-corrected chi connectivity index (χ2v) is 4.04. The predicted octanol–water partition coefficient (Wildman–Crippen LogP) is 2.34. The Morgan fingerprint density at radius 1 is 1.71 bits per heavy atom. The third-order valence-electron chi connectivity index (χ3n) is 1.57. The van der Waals surface area contributed by atoms with Gasteiger partial charge in [-0.25, -0.2) is 4.98 Å². The quantitative estimate of drug-likeness (QED) is 0.811. The number of nitrogens with zero attached hydrogens (tertiary/aromatic N) is 1. The largest absolute Gasteiger partial charge is 0.324 e. The molecule has 14 heavy (non-hydrogen) atoms. The van der Waals surface area contributed by atoms with E-state index >= 15 is 0 Å². The minimum atomic E-state index is -0.0268. The second-order valence-electron chi connectivity index (χ2n) is 2.81. The van der Waals surface area contributed by atoms with Crippen LogP contribution in [0.15, 0.2) is 12.3 Å². The van der Waals surface area contributed by atoms with Crippen LogP contribution in [0.1, 0.15) is 5.56 Å². The molecule has 0 radical (unpaired) electrons. The number of pyridine rings is 1. The van der Waals surface area contributed by atoms with E-state index in [0.717, 1.165) is 5.56 Å². The van der Waals surface area contributed by atoms with E-state index in [1.165, 1.54) is 11.8 Å². The molecule has 1 N–H and O–H groups in total. The molecule has 0 spiro atoms. The zero-order valence-corrected chi connectivity index (χ0v) is 9.58. The topological polar surface area (TPSA) is 42.0 Å². The lowest BCUT2D eigenvalue weighted by Crippen LogP contribution is -2.14. The van der Waals surface area contributed by atoms with Gasteiger partial charge in [0, 0.05) is 0 Å². The molecular weight excluding hydrogens is 220 g/mol. The number of halogens is 1. The molecule has 5 heteroatoms. The number of rotatable bonds is 3. The number of nitrogens with one attached hydrogen (secondary N) is 1. The molecule has 1 heterocycles. The fraction of sp³-hybridized carbons (Fsp3) is 0.333. The van der Waals surface area contributed by atoms with E-state index in [0.29, 0.717) is 16.6 Å². The van der Waals surface area contributed by atoms with Crippen LogP contribution in [-0.2, 0) is 4.79 Å². The van der Waals surface area contributed by atoms with E-state index in [2.05, 4.69) is 10.3 Å². The summed E-state index contributed by atoms with van der Waals surface area (Å²) in [5.74, 6) is 0.419. The van der Waals surface area contributed by atoms with Crippen molar-refractivity contribution in [3.8, 4) is 0 Å². The number of carbonyl (C=O) groups is 1. The van der Waals surface area contributed by atoms with Crippen molar-refractivity contribution in [1.82, 2.24) is 4.98 Å². The van der Waals surface area contributed by atoms with Crippen LogP contribution >= 0.6 is 23.4 Å². The summed E-state index contributed by atoms with van der Waals surface area (Å²) in [6.45, 7) is 1.85. The molecule has 0 aliphatic heterocycles. The summed E-state index contributed by atoms with van der Waals surface area (Å²) < 4.78 is 0. The highest BCUT2D eigenvalue weighted by Crippen LogP contribution is 2.16. The third kappa shape index (κ3) is 3.20. The van der Waals surface area contributed by atoms with Crippen LogP contribution in [0.4, 0.5) is 5.69 Å². The van der Waals surface area contributed by atoms with Gasteiger partial charge in [0.1, 0.15) is 5.15 Å². The number of hydrogen-bond acceptors (Lipinski definition) is 3. The fourth-order valence-corrected chi connectivity index (χ4v) is 1.39. The van der Waals surface area contributed by atoms with Crippen LogP contribution in [-0.4, -0.2) is 22.9 Å². The monoisotopic (exact) mass is 230 g/mol. The number of amides is 1. The van der Waals surface area contributed by atoms with E-state index in [1.54, 1.807) is 12.3 Å². The molecule has 0 atom stereocenters. The average molecular weight is 231 g/mol. The van der Waals surface area contributed by atoms with Gasteiger partial charge in [-0.1, -0.05) is 11.6 Å². The first-order chi connectivity index (χ1) is 6.63. The van der Waals surface area contributed by atoms with Crippen LogP contribution < -0.4 is 5.32 Å². The molecule has 0 bridgehead atoms. The number of hydrogen-bond donors (Lipinski definition) is 1. The van der Waals surface area contributed by atoms with Gasteiger partial charge in [-0.2, -0.15) is 11.8 Å². The Morgan fingerprint density at radius 2 is 2.43 bits per heavy atom. The summed E-state index contributed by atoms with van der Waals surface area (Å²) in [6, 6.07) is 1.80. The van der Waals surface area contributed by atoms with Gasteiger partial charge >= 0.3 is 0 Å². The molecule has 76 valence electrons.